The molecule has 1 aromatic rings. The van der Waals surface area contributed by atoms with Gasteiger partial charge in [0.2, 0.25) is 0 Å². The second-order valence-corrected chi connectivity index (χ2v) is 2.91. The van der Waals surface area contributed by atoms with Crippen LogP contribution in [0.5, 0.6) is 5.75 Å². The quantitative estimate of drug-likeness (QED) is 0.513. The predicted octanol–water partition coefficient (Wildman–Crippen LogP) is -0.905. The van der Waals surface area contributed by atoms with Crippen LogP contribution < -0.4 is 61.6 Å². The van der Waals surface area contributed by atoms with Crippen molar-refractivity contribution in [3.63, 3.8) is 0 Å². The smallest absolute Gasteiger partial charge is 0.488 e. The summed E-state index contributed by atoms with van der Waals surface area (Å²) in [6.07, 6.45) is 5.51. The van der Waals surface area contributed by atoms with Crippen molar-refractivity contribution in [3.8, 4) is 5.75 Å². The summed E-state index contributed by atoms with van der Waals surface area (Å²) in [6.45, 7) is -2.96. The fourth-order valence-corrected chi connectivity index (χ4v) is 0.934. The molecule has 0 aliphatic heterocycles. The Hall–Kier alpha value is 0.181. The van der Waals surface area contributed by atoms with Crippen LogP contribution in [-0.2, 0) is 0 Å². The van der Waals surface area contributed by atoms with Gasteiger partial charge in [0.1, 0.15) is 12.4 Å². The average Bonchev–Trinajstić information content (AvgIpc) is 2.17. The van der Waals surface area contributed by atoms with E-state index in [1.165, 1.54) is 6.20 Å². The first-order valence-corrected chi connectivity index (χ1v) is 4.43. The van der Waals surface area contributed by atoms with Crippen molar-refractivity contribution < 1.29 is 69.1 Å². The van der Waals surface area contributed by atoms with E-state index in [0.717, 1.165) is 12.3 Å². The molecule has 0 fully saturated rings. The first-order valence-electron chi connectivity index (χ1n) is 4.43. The summed E-state index contributed by atoms with van der Waals surface area (Å²) in [4.78, 5) is 3.48. The molecular formula is C9H10BF3KNO. The van der Waals surface area contributed by atoms with Gasteiger partial charge in [-0.25, -0.2) is 0 Å². The zero-order valence-electron chi connectivity index (χ0n) is 9.16. The summed E-state index contributed by atoms with van der Waals surface area (Å²) < 4.78 is 42.0. The van der Waals surface area contributed by atoms with Crippen molar-refractivity contribution in [2.24, 2.45) is 0 Å². The van der Waals surface area contributed by atoms with E-state index in [9.17, 15) is 12.9 Å². The number of hydrogen-bond acceptors (Lipinski definition) is 2. The Kier molecular flexibility index (Phi) is 7.58. The van der Waals surface area contributed by atoms with Gasteiger partial charge in [-0.05, 0) is 13.0 Å². The standard InChI is InChI=1S/C9H10BF3NO.K/c1-2-3-4-15-9-5-8(6-14-7-9)10(11,12)13;/h2-3,5-7H,4H2,1H3;/q-1;+1. The van der Waals surface area contributed by atoms with Crippen LogP contribution in [0.1, 0.15) is 6.92 Å². The van der Waals surface area contributed by atoms with Crippen molar-refractivity contribution in [1.82, 2.24) is 4.98 Å². The van der Waals surface area contributed by atoms with E-state index in [1.54, 1.807) is 19.1 Å². The maximum Gasteiger partial charge on any atom is 1.00 e. The molecule has 0 unspecified atom stereocenters. The molecule has 0 amide bonds. The largest absolute Gasteiger partial charge is 1.00 e. The molecule has 82 valence electrons. The third-order valence-corrected chi connectivity index (χ3v) is 1.69. The summed E-state index contributed by atoms with van der Waals surface area (Å²) in [7, 11) is 0. The minimum atomic E-state index is -5.01. The molecular weight excluding hydrogens is 245 g/mol. The van der Waals surface area contributed by atoms with Crippen LogP contribution >= 0.6 is 0 Å². The number of allylic oxidation sites excluding steroid dienone is 1. The molecule has 0 N–H and O–H groups in total. The summed E-state index contributed by atoms with van der Waals surface area (Å²) in [5.74, 6) is 0.129. The van der Waals surface area contributed by atoms with Crippen LogP contribution in [0.25, 0.3) is 0 Å². The van der Waals surface area contributed by atoms with Crippen LogP contribution in [0, 0.1) is 0 Å². The number of nitrogens with zero attached hydrogens (tertiary/aromatic N) is 1. The number of aromatic nitrogens is 1. The van der Waals surface area contributed by atoms with Crippen molar-refractivity contribution >= 4 is 12.4 Å². The van der Waals surface area contributed by atoms with E-state index < -0.39 is 12.4 Å². The van der Waals surface area contributed by atoms with Crippen molar-refractivity contribution in [2.75, 3.05) is 6.61 Å². The topological polar surface area (TPSA) is 22.1 Å². The minimum absolute atomic E-state index is 0. The van der Waals surface area contributed by atoms with Gasteiger partial charge < -0.3 is 17.7 Å². The maximum atomic E-state index is 12.3. The van der Waals surface area contributed by atoms with Gasteiger partial charge in [0.15, 0.2) is 0 Å². The molecule has 0 radical (unpaired) electrons. The number of halogens is 3. The van der Waals surface area contributed by atoms with Crippen LogP contribution in [0.4, 0.5) is 12.9 Å². The first kappa shape index (κ1) is 16.2. The molecule has 1 rings (SSSR count). The third-order valence-electron chi connectivity index (χ3n) is 1.69. The molecule has 1 aromatic heterocycles. The van der Waals surface area contributed by atoms with Gasteiger partial charge in [0.25, 0.3) is 0 Å². The molecule has 0 aliphatic carbocycles. The Morgan fingerprint density at radius 2 is 2.06 bits per heavy atom. The number of hydrogen-bond donors (Lipinski definition) is 0. The Balaban J connectivity index is 0.00000225. The fraction of sp³-hybridized carbons (Fsp3) is 0.222. The monoisotopic (exact) mass is 255 g/mol. The average molecular weight is 255 g/mol. The van der Waals surface area contributed by atoms with E-state index in [1.807, 2.05) is 0 Å². The number of pyridine rings is 1. The van der Waals surface area contributed by atoms with Crippen LogP contribution in [0.3, 0.4) is 0 Å². The Morgan fingerprint density at radius 1 is 1.38 bits per heavy atom. The van der Waals surface area contributed by atoms with Gasteiger partial charge in [0, 0.05) is 6.20 Å². The summed E-state index contributed by atoms with van der Waals surface area (Å²) in [5, 5.41) is 0. The molecule has 0 bridgehead atoms. The van der Waals surface area contributed by atoms with Crippen LogP contribution in [-0.4, -0.2) is 18.6 Å². The predicted molar refractivity (Wildman–Crippen MR) is 53.3 cm³/mol. The second kappa shape index (κ2) is 7.50. The fourth-order valence-electron chi connectivity index (χ4n) is 0.934. The SMILES string of the molecule is CC=CCOc1cncc([B-](F)(F)F)c1.[K+]. The van der Waals surface area contributed by atoms with Gasteiger partial charge in [0.05, 0.1) is 6.20 Å². The van der Waals surface area contributed by atoms with Crippen LogP contribution in [0.2, 0.25) is 0 Å². The zero-order chi connectivity index (χ0) is 11.3. The molecule has 0 aromatic carbocycles. The molecule has 0 atom stereocenters. The summed E-state index contributed by atoms with van der Waals surface area (Å²) in [5.41, 5.74) is -0.743. The summed E-state index contributed by atoms with van der Waals surface area (Å²) in [6, 6.07) is 0.955. The maximum absolute atomic E-state index is 12.3. The van der Waals surface area contributed by atoms with Gasteiger partial charge in [-0.3, -0.25) is 4.98 Å². The molecule has 0 saturated carbocycles. The van der Waals surface area contributed by atoms with E-state index in [2.05, 4.69) is 4.98 Å². The molecule has 0 saturated heterocycles. The second-order valence-electron chi connectivity index (χ2n) is 2.91. The van der Waals surface area contributed by atoms with E-state index in [-0.39, 0.29) is 63.7 Å². The van der Waals surface area contributed by atoms with Gasteiger partial charge in [-0.15, -0.1) is 0 Å². The summed E-state index contributed by atoms with van der Waals surface area (Å²) >= 11 is 0. The Morgan fingerprint density at radius 3 is 2.62 bits per heavy atom. The molecule has 16 heavy (non-hydrogen) atoms. The van der Waals surface area contributed by atoms with Crippen molar-refractivity contribution in [3.05, 3.63) is 30.6 Å². The molecule has 0 spiro atoms. The number of ether oxygens (including phenoxy) is 1. The molecule has 7 heteroatoms. The molecule has 2 nitrogen and oxygen atoms in total. The molecule has 0 aliphatic rings. The molecule has 1 heterocycles. The first-order chi connectivity index (χ1) is 7.04. The van der Waals surface area contributed by atoms with Gasteiger partial charge in [-0.2, -0.15) is 0 Å². The Bertz CT molecular complexity index is 357. The third kappa shape index (κ3) is 5.49. The minimum Gasteiger partial charge on any atom is -0.488 e. The van der Waals surface area contributed by atoms with E-state index >= 15 is 0 Å². The van der Waals surface area contributed by atoms with E-state index in [4.69, 9.17) is 4.74 Å². The van der Waals surface area contributed by atoms with Crippen LogP contribution in [0.15, 0.2) is 30.6 Å². The normalized spacial score (nSPS) is 11.2. The van der Waals surface area contributed by atoms with Gasteiger partial charge >= 0.3 is 58.4 Å². The van der Waals surface area contributed by atoms with Gasteiger partial charge in [-0.1, -0.05) is 17.6 Å². The Labute approximate surface area is 135 Å². The van der Waals surface area contributed by atoms with E-state index in [0.29, 0.717) is 0 Å². The number of rotatable bonds is 4. The zero-order valence-corrected chi connectivity index (χ0v) is 12.3. The van der Waals surface area contributed by atoms with Crippen molar-refractivity contribution in [1.29, 1.82) is 0 Å². The van der Waals surface area contributed by atoms with Crippen molar-refractivity contribution in [2.45, 2.75) is 6.92 Å².